The fourth-order valence-corrected chi connectivity index (χ4v) is 21.3. The first-order valence-electron chi connectivity index (χ1n) is 49.5. The monoisotopic (exact) mass is 1720 g/mol. The number of aromatic nitrogens is 8. The van der Waals surface area contributed by atoms with Crippen LogP contribution in [-0.2, 0) is 73.0 Å². The summed E-state index contributed by atoms with van der Waals surface area (Å²) in [5.74, 6) is 14.2. The van der Waals surface area contributed by atoms with Crippen molar-refractivity contribution in [3.05, 3.63) is 268 Å². The smallest absolute Gasteiger partial charge is 0.0771 e. The van der Waals surface area contributed by atoms with Crippen LogP contribution in [0.15, 0.2) is 133 Å². The minimum absolute atomic E-state index is 0.0798. The van der Waals surface area contributed by atoms with E-state index in [1.165, 1.54) is 145 Å². The van der Waals surface area contributed by atoms with Gasteiger partial charge in [-0.25, -0.2) is 19.9 Å². The lowest BCUT2D eigenvalue weighted by molar-refractivity contribution is 0.568. The van der Waals surface area contributed by atoms with Crippen LogP contribution in [0.2, 0.25) is 0 Å². The van der Waals surface area contributed by atoms with Gasteiger partial charge in [-0.15, -0.1) is 0 Å². The zero-order valence-corrected chi connectivity index (χ0v) is 83.8. The topological polar surface area (TPSA) is 115 Å². The van der Waals surface area contributed by atoms with Gasteiger partial charge >= 0.3 is 0 Å². The van der Waals surface area contributed by atoms with Gasteiger partial charge in [-0.05, 0) is 331 Å². The number of H-pyrrole nitrogens is 4. The van der Waals surface area contributed by atoms with Gasteiger partial charge in [0.2, 0.25) is 0 Å². The molecule has 10 heterocycles. The third-order valence-corrected chi connectivity index (χ3v) is 28.3. The normalized spacial score (nSPS) is 13.3. The Hall–Kier alpha value is -11.6. The molecule has 6 aromatic heterocycles. The van der Waals surface area contributed by atoms with Crippen LogP contribution in [0, 0.1) is 23.7 Å². The molecule has 5 aromatic carbocycles. The molecule has 4 aliphatic heterocycles. The number of aromatic amines is 4. The maximum absolute atomic E-state index is 5.96. The highest BCUT2D eigenvalue weighted by molar-refractivity contribution is 6.07. The maximum Gasteiger partial charge on any atom is 0.0771 e. The molecule has 130 heavy (non-hydrogen) atoms. The average Bonchev–Trinajstić information content (AvgIpc) is 1.58. The van der Waals surface area contributed by atoms with Crippen molar-refractivity contribution >= 4 is 88.7 Å². The van der Waals surface area contributed by atoms with Crippen LogP contribution in [0.3, 0.4) is 0 Å². The zero-order valence-electron chi connectivity index (χ0n) is 83.8. The van der Waals surface area contributed by atoms with E-state index in [1.54, 1.807) is 0 Å². The average molecular weight is 1720 g/mol. The second-order valence-corrected chi connectivity index (χ2v) is 40.3. The molecule has 0 unspecified atom stereocenters. The van der Waals surface area contributed by atoms with Gasteiger partial charge in [0, 0.05) is 66.6 Å². The van der Waals surface area contributed by atoms with Gasteiger partial charge in [-0.3, -0.25) is 0 Å². The number of fused-ring (bicyclic) bond motifs is 16. The molecule has 8 nitrogen and oxygen atoms in total. The molecule has 0 radical (unpaired) electrons. The summed E-state index contributed by atoms with van der Waals surface area (Å²) in [6.07, 6.45) is 13.7. The number of aryl methyl sites for hydroxylation is 8. The molecule has 4 aliphatic rings. The molecule has 0 fully saturated rings. The quantitative estimate of drug-likeness (QED) is 0.0569. The van der Waals surface area contributed by atoms with Crippen molar-refractivity contribution in [1.29, 1.82) is 0 Å². The number of allylic oxidation sites excluding steroid dienone is 8. The van der Waals surface area contributed by atoms with Gasteiger partial charge < -0.3 is 19.9 Å². The molecular formula is C122H142N8. The van der Waals surface area contributed by atoms with E-state index in [4.69, 9.17) is 19.9 Å². The predicted octanol–water partition coefficient (Wildman–Crippen LogP) is 33.0. The fourth-order valence-electron chi connectivity index (χ4n) is 21.3. The van der Waals surface area contributed by atoms with Gasteiger partial charge in [0.25, 0.3) is 0 Å². The lowest BCUT2D eigenvalue weighted by Gasteiger charge is -2.26. The molecule has 11 aromatic rings. The molecule has 8 heteroatoms. The van der Waals surface area contributed by atoms with E-state index in [9.17, 15) is 0 Å². The molecule has 0 spiro atoms. The Labute approximate surface area is 777 Å². The first-order valence-corrected chi connectivity index (χ1v) is 49.5. The van der Waals surface area contributed by atoms with E-state index in [2.05, 4.69) is 371 Å². The highest BCUT2D eigenvalue weighted by Crippen LogP contribution is 2.51. The van der Waals surface area contributed by atoms with Crippen molar-refractivity contribution in [2.45, 2.75) is 318 Å². The molecule has 15 rings (SSSR count). The van der Waals surface area contributed by atoms with Crippen molar-refractivity contribution in [3.63, 3.8) is 0 Å². The zero-order chi connectivity index (χ0) is 93.1. The summed E-state index contributed by atoms with van der Waals surface area (Å²) < 4.78 is 0. The third kappa shape index (κ3) is 17.2. The van der Waals surface area contributed by atoms with Crippen molar-refractivity contribution in [3.8, 4) is 68.2 Å². The Morgan fingerprint density at radius 1 is 0.208 bits per heavy atom. The highest BCUT2D eigenvalue weighted by Gasteiger charge is 2.34. The molecule has 0 atom stereocenters. The van der Waals surface area contributed by atoms with Crippen LogP contribution in [0.25, 0.3) is 133 Å². The summed E-state index contributed by atoms with van der Waals surface area (Å²) in [6.45, 7) is 65.2. The number of nitrogens with one attached hydrogen (secondary N) is 4. The van der Waals surface area contributed by atoms with Crippen LogP contribution in [0.4, 0.5) is 0 Å². The second kappa shape index (κ2) is 37.4. The second-order valence-electron chi connectivity index (χ2n) is 40.3. The molecule has 0 amide bonds. The molecule has 670 valence electrons. The van der Waals surface area contributed by atoms with Gasteiger partial charge in [0.1, 0.15) is 0 Å². The van der Waals surface area contributed by atoms with Gasteiger partial charge in [-0.2, -0.15) is 0 Å². The van der Waals surface area contributed by atoms with Crippen LogP contribution < -0.4 is 0 Å². The minimum atomic E-state index is -0.0798. The molecule has 4 N–H and O–H groups in total. The molecule has 0 saturated heterocycles. The number of benzene rings is 5. The lowest BCUT2D eigenvalue weighted by atomic mass is 9.78. The summed E-state index contributed by atoms with van der Waals surface area (Å²) in [4.78, 5) is 40.6. The third-order valence-electron chi connectivity index (χ3n) is 28.3. The van der Waals surface area contributed by atoms with E-state index >= 15 is 0 Å². The largest absolute Gasteiger partial charge is 0.354 e. The van der Waals surface area contributed by atoms with E-state index < -0.39 is 0 Å². The van der Waals surface area contributed by atoms with Gasteiger partial charge in [0.15, 0.2) is 0 Å². The Bertz CT molecular complexity index is 6470. The molecule has 0 aliphatic carbocycles. The number of hydrogen-bond donors (Lipinski definition) is 4. The van der Waals surface area contributed by atoms with E-state index in [-0.39, 0.29) is 21.7 Å². The van der Waals surface area contributed by atoms with Crippen LogP contribution in [0.1, 0.15) is 380 Å². The van der Waals surface area contributed by atoms with Gasteiger partial charge in [-0.1, -0.05) is 278 Å². The van der Waals surface area contributed by atoms with Crippen molar-refractivity contribution in [2.24, 2.45) is 0 Å². The number of hydrogen-bond acceptors (Lipinski definition) is 4. The first-order chi connectivity index (χ1) is 62.2. The van der Waals surface area contributed by atoms with Crippen molar-refractivity contribution in [2.75, 3.05) is 0 Å². The van der Waals surface area contributed by atoms with E-state index in [0.717, 1.165) is 226 Å². The molecular weight excluding hydrogens is 1580 g/mol. The summed E-state index contributed by atoms with van der Waals surface area (Å²) in [5, 5.41) is 0. The van der Waals surface area contributed by atoms with E-state index in [0.29, 0.717) is 0 Å². The summed E-state index contributed by atoms with van der Waals surface area (Å²) in [7, 11) is 0. The Balaban J connectivity index is 0.820. The first kappa shape index (κ1) is 93.1. The van der Waals surface area contributed by atoms with Crippen molar-refractivity contribution < 1.29 is 0 Å². The molecule has 0 saturated carbocycles. The number of rotatable bonds is 20. The summed E-state index contributed by atoms with van der Waals surface area (Å²) in [5.41, 5.74) is 56.6. The SMILES string of the molecule is CCC1=C(CC)c2nc1cc1[nH]c(c(CC)c1CC)c(-c1ccc(C#Cc3ccc(C#Cc4ccc(-c5c6nc(cc7[nH]c(c(CC)c7CC)c(-c7cc(C(C)(C)C)cc(C(C)(C)C)c7)c7nc(cc8[nH]c5c(CC)c8CC)C(CC)=C7CC)C(CC)=C6CC)cc4)cc3)cc1)c1nc(cc3[nH]c(c(CC)c3CC)c2-c2cc(C(C)(C)C)cc(C(C)(C)C)c2)C(CC)=C1CC. The Morgan fingerprint density at radius 3 is 0.569 bits per heavy atom. The van der Waals surface area contributed by atoms with Crippen LogP contribution in [-0.4, -0.2) is 39.9 Å². The fraction of sp³-hybridized carbons (Fsp3) is 0.393. The minimum Gasteiger partial charge on any atom is -0.354 e. The highest BCUT2D eigenvalue weighted by atomic mass is 14.8. The predicted molar refractivity (Wildman–Crippen MR) is 562 cm³/mol. The lowest BCUT2D eigenvalue weighted by Crippen LogP contribution is -2.16. The molecule has 16 bridgehead atoms. The Morgan fingerprint density at radius 2 is 0.392 bits per heavy atom. The summed E-state index contributed by atoms with van der Waals surface area (Å²) in [6, 6.07) is 50.6. The van der Waals surface area contributed by atoms with Crippen LogP contribution in [0.5, 0.6) is 0 Å². The van der Waals surface area contributed by atoms with Gasteiger partial charge in [0.05, 0.1) is 67.6 Å². The van der Waals surface area contributed by atoms with E-state index in [1.807, 2.05) is 0 Å². The Kier molecular flexibility index (Phi) is 26.8. The van der Waals surface area contributed by atoms with Crippen molar-refractivity contribution in [1.82, 2.24) is 39.9 Å². The number of nitrogens with zero attached hydrogens (tertiary/aromatic N) is 4. The standard InChI is InChI=1S/C122H142N8/c1-29-83-91(37-9)111-107(112-92(38-10)84(30-2)100(124-112)68-104-88(34-6)96(42-14)116(128-104)109(77-61-79(119(17,18)19)65-80(62-77)120(20,21)22)115-95(41-13)87(33-5)103(127-115)67-99(83)123-111)75-57-53-73(54-58-75)51-49-71-45-47-72(48-46-71)50-52-74-55-59-76(60-56-74)108-113-93(39-11)85(31-3)101(125-113)69-105-89(35-7)97(43-15)117(129-105)110(78-63-81(121(23,24)25)66-82(64-78)122(26,27)28)118-98(44-16)90(36-8)106(130-118)70-102-86(32-4)94(40-12)114(108)126-102/h45-48,53-70,123,125,128,130H,29-44H2,1-28H3. The maximum atomic E-state index is 5.96. The summed E-state index contributed by atoms with van der Waals surface area (Å²) >= 11 is 0. The van der Waals surface area contributed by atoms with Crippen LogP contribution >= 0.6 is 0 Å².